The van der Waals surface area contributed by atoms with Gasteiger partial charge in [0, 0.05) is 0 Å². The number of azo groups is 2. The summed E-state index contributed by atoms with van der Waals surface area (Å²) in [7, 11) is -31.2. The number of carboxylic acids is 2. The van der Waals surface area contributed by atoms with E-state index in [1.807, 2.05) is 5.32 Å². The Balaban J connectivity index is 0.00000426. The summed E-state index contributed by atoms with van der Waals surface area (Å²) in [6.07, 6.45) is 0. The number of carboxylic acid groups (broad SMARTS) is 2. The summed E-state index contributed by atoms with van der Waals surface area (Å²) in [5, 5.41) is 61.1. The van der Waals surface area contributed by atoms with E-state index in [1.165, 1.54) is 0 Å². The Morgan fingerprint density at radius 3 is 1.19 bits per heavy atom. The Labute approximate surface area is 757 Å². The molecule has 0 saturated heterocycles. The van der Waals surface area contributed by atoms with Crippen molar-refractivity contribution >= 4 is 182 Å². The van der Waals surface area contributed by atoms with Crippen molar-refractivity contribution in [1.82, 2.24) is 29.9 Å². The fourth-order valence-corrected chi connectivity index (χ4v) is 12.6. The van der Waals surface area contributed by atoms with Crippen LogP contribution in [0.3, 0.4) is 0 Å². The van der Waals surface area contributed by atoms with Crippen LogP contribution in [0.1, 0.15) is 0 Å². The number of carbonyl (C=O) groups excluding carboxylic acids is 4. The van der Waals surface area contributed by atoms with E-state index in [0.29, 0.717) is 28.2 Å². The molecule has 0 saturated carbocycles. The summed E-state index contributed by atoms with van der Waals surface area (Å²) >= 11 is 12.4. The van der Waals surface area contributed by atoms with Gasteiger partial charge in [-0.25, -0.2) is 50.2 Å². The molecule has 0 radical (unpaired) electrons. The number of carbonyl (C=O) groups is 4. The maximum Gasteiger partial charge on any atom is 1.00 e. The molecule has 2 aliphatic rings. The predicted molar refractivity (Wildman–Crippen MR) is 336 cm³/mol. The molecule has 2 amide bonds. The zero-order valence-electron chi connectivity index (χ0n) is 55.9. The van der Waals surface area contributed by atoms with Crippen LogP contribution in [0.15, 0.2) is 206 Å². The molecule has 4 heterocycles. The average Bonchev–Trinajstić information content (AvgIpc) is 1.63. The Morgan fingerprint density at radius 2 is 0.809 bits per heavy atom. The van der Waals surface area contributed by atoms with Crippen molar-refractivity contribution < 1.29 is 290 Å². The molecule has 8 N–H and O–H groups in total. The fraction of sp³-hybridized carbons (Fsp3) is 0.0392. The van der Waals surface area contributed by atoms with Gasteiger partial charge in [0.25, 0.3) is 42.2 Å². The third-order valence-corrected chi connectivity index (χ3v) is 18.8. The molecule has 10 rings (SSSR count). The fourth-order valence-electron chi connectivity index (χ4n) is 8.77. The molecule has 0 fully saturated rings. The van der Waals surface area contributed by atoms with E-state index in [9.17, 15) is 112 Å². The molecule has 59 heteroatoms. The van der Waals surface area contributed by atoms with Gasteiger partial charge in [-0.2, -0.15) is 75.9 Å². The number of hydrazone groups is 2. The number of aromatic nitrogens is 6. The molecule has 110 heavy (non-hydrogen) atoms. The van der Waals surface area contributed by atoms with E-state index >= 15 is 0 Å². The average molecular weight is 1720 g/mol. The van der Waals surface area contributed by atoms with Crippen molar-refractivity contribution in [1.29, 1.82) is 0 Å². The quantitative estimate of drug-likeness (QED) is 0.0115. The molecule has 540 valence electrons. The predicted octanol–water partition coefficient (Wildman–Crippen LogP) is -19.8. The normalized spacial score (nSPS) is 15.6. The molecule has 2 unspecified atom stereocenters. The smallest absolute Gasteiger partial charge is 0.846 e. The molecule has 2 atom stereocenters. The van der Waals surface area contributed by atoms with E-state index in [-0.39, 0.29) is 211 Å². The first-order valence-electron chi connectivity index (χ1n) is 27.1. The van der Waals surface area contributed by atoms with Gasteiger partial charge in [-0.15, -0.1) is 0 Å². The second-order valence-electron chi connectivity index (χ2n) is 20.1. The largest absolute Gasteiger partial charge is 1.00 e. The first-order valence-corrected chi connectivity index (χ1v) is 36.4. The number of aromatic amines is 4. The molecule has 0 bridgehead atoms. The third-order valence-electron chi connectivity index (χ3n) is 13.2. The van der Waals surface area contributed by atoms with Crippen LogP contribution in [-0.2, 0) is 79.9 Å². The Hall–Kier alpha value is -5.73. The van der Waals surface area contributed by atoms with Crippen molar-refractivity contribution in [2.24, 2.45) is 55.6 Å². The first kappa shape index (κ1) is 96.6. The van der Waals surface area contributed by atoms with Crippen LogP contribution in [0.4, 0.5) is 56.9 Å². The first-order chi connectivity index (χ1) is 48.5. The second kappa shape index (κ2) is 38.6. The van der Waals surface area contributed by atoms with Crippen LogP contribution in [0.2, 0.25) is 10.6 Å². The topological polar surface area (TPSA) is 716 Å². The van der Waals surface area contributed by atoms with Crippen molar-refractivity contribution in [3.8, 4) is 0 Å². The molecule has 6 aromatic carbocycles. The maximum absolute atomic E-state index is 13.4. The minimum atomic E-state index is -5.42. The van der Waals surface area contributed by atoms with Crippen LogP contribution in [0.5, 0.6) is 0 Å². The Bertz CT molecular complexity index is 6260. The van der Waals surface area contributed by atoms with Gasteiger partial charge < -0.3 is 53.9 Å². The van der Waals surface area contributed by atoms with Crippen LogP contribution in [-0.4, -0.2) is 161 Å². The Kier molecular flexibility index (Phi) is 33.9. The maximum atomic E-state index is 13.4. The number of benzene rings is 6. The monoisotopic (exact) mass is 1720 g/mol. The van der Waals surface area contributed by atoms with Crippen LogP contribution in [0.25, 0.3) is 0 Å². The van der Waals surface area contributed by atoms with Crippen molar-refractivity contribution in [3.63, 3.8) is 0 Å². The van der Waals surface area contributed by atoms with Gasteiger partial charge in [0.1, 0.15) is 67.8 Å². The van der Waals surface area contributed by atoms with E-state index in [1.54, 1.807) is 0 Å². The van der Waals surface area contributed by atoms with Crippen LogP contribution in [0, 0.1) is 0 Å². The number of H-pyrrole nitrogens is 4. The van der Waals surface area contributed by atoms with Gasteiger partial charge in [0.15, 0.2) is 12.1 Å². The second-order valence-corrected chi connectivity index (χ2v) is 29.1. The number of rotatable bonds is 20. The van der Waals surface area contributed by atoms with E-state index < -0.39 is 199 Å². The number of amidine groups is 1. The summed E-state index contributed by atoms with van der Waals surface area (Å²) in [5.41, 5.74) is -8.91. The molecular formula is C51H30Cl2N20Na6O25S6. The third kappa shape index (κ3) is 24.2. The van der Waals surface area contributed by atoms with Gasteiger partial charge in [-0.1, -0.05) is 0 Å². The number of hydrogen-bond acceptors (Lipinski definition) is 35. The van der Waals surface area contributed by atoms with E-state index in [0.717, 1.165) is 103 Å². The van der Waals surface area contributed by atoms with Crippen molar-refractivity contribution in [3.05, 3.63) is 154 Å². The van der Waals surface area contributed by atoms with Crippen molar-refractivity contribution in [2.45, 2.75) is 41.5 Å². The summed E-state index contributed by atoms with van der Waals surface area (Å²) in [6.45, 7) is 0. The SMILES string of the molecule is O=C([O-])C1=NN(c2ccc(S(=O)(=O)[O-])cc2)C(=O)C1N=Nc1cc(N=c2nc(Cl)[nH]c(=Nc3ccc(N=C([O-])Nc4ccc(N=c5[nH]c(Cl)nc(=Nc6ccc(S(=O)(=O)O)c(N=NC7C(=O)N(c8ccc(S(=O)(=O)[O-])cc8)N=C7C(=O)[O-])c6)[nH]5)cc4S(=O)(=O)O)c(S(=O)(=O)O)c3)[nH]2)ccc1S(=O)(=O)[O-].[Na+].[Na+].[Na+].[Na+].[Na+].[Na+]. The summed E-state index contributed by atoms with van der Waals surface area (Å²) in [6, 6.07) is 11.1. The van der Waals surface area contributed by atoms with Crippen molar-refractivity contribution in [2.75, 3.05) is 15.3 Å². The molecular weight excluding hydrogens is 1690 g/mol. The number of halogens is 2. The number of nitrogens with one attached hydrogen (secondary N) is 5. The van der Waals surface area contributed by atoms with Crippen LogP contribution < -0.4 is 230 Å². The van der Waals surface area contributed by atoms with Gasteiger partial charge in [0.2, 0.25) is 33.0 Å². The number of aliphatic imine (C=N–C) groups is 1. The number of hydrogen-bond donors (Lipinski definition) is 8. The zero-order chi connectivity index (χ0) is 75.9. The summed E-state index contributed by atoms with van der Waals surface area (Å²) in [4.78, 5) is 83.0. The molecule has 0 aliphatic carbocycles. The number of aliphatic carboxylic acids is 2. The minimum Gasteiger partial charge on any atom is -0.846 e. The number of amides is 2. The molecule has 8 aromatic rings. The van der Waals surface area contributed by atoms with Gasteiger partial charge in [-0.05, 0) is 145 Å². The summed E-state index contributed by atoms with van der Waals surface area (Å²) < 4.78 is 211. The van der Waals surface area contributed by atoms with Gasteiger partial charge >= 0.3 is 177 Å². The molecule has 45 nitrogen and oxygen atoms in total. The minimum absolute atomic E-state index is 0. The van der Waals surface area contributed by atoms with Gasteiger partial charge in [0.05, 0.1) is 78.1 Å². The van der Waals surface area contributed by atoms with Crippen LogP contribution >= 0.6 is 23.2 Å². The molecule has 2 aliphatic heterocycles. The Morgan fingerprint density at radius 1 is 0.445 bits per heavy atom. The zero-order valence-corrected chi connectivity index (χ0v) is 74.3. The van der Waals surface area contributed by atoms with E-state index in [2.05, 4.69) is 85.5 Å². The van der Waals surface area contributed by atoms with Gasteiger partial charge in [-0.3, -0.25) is 33.2 Å². The number of anilines is 3. The summed E-state index contributed by atoms with van der Waals surface area (Å²) in [5.74, 6) is -6.63. The molecule has 2 aromatic heterocycles. The molecule has 0 spiro atoms. The number of nitrogens with zero attached hydrogens (tertiary/aromatic N) is 15. The van der Waals surface area contributed by atoms with E-state index in [4.69, 9.17) is 23.2 Å². The standard InChI is InChI=1S/C51H36Cl2N20O25S6.6Na/c52-45-60-47(54-21-3-15-33(101(87,88)89)31(17-21)66-68-37-39(43(76)77)70-72(41(37)74)25-5-9-27(10-6-25)99(81,82)83)64-49(62-45)56-23-1-13-29(35(19-23)103(93,94)95)58-51(80)59-30-14-2-24(20-36(30)104(96,97)98)57-50-63-46(53)61-48(65-50)55-22-4-16-34(102(90,91)92)32(18-22)67-69-38-40(44(78)79)71-73(42(38)75)26-7-11-28(12-8-26)100(84,85)86;;;;;;/h1-20,37-38H,(H,76,77)(H,78,79)(H2,58,59,80)(H,81,82,83)(H,84,85,86)(H,87,88,89)(H,90,91,92)(H,93,94,95)(H,96,97,98)(H2,54,56,60,62,64)(H2,55,57,61,63,65);;;;;;/q;6*+1/p-6.